The Bertz CT molecular complexity index is 1030. The molecule has 0 spiro atoms. The number of nitrogens with one attached hydrogen (secondary N) is 1. The number of carbonyl (C=O) groups excluding carboxylic acids is 1. The van der Waals surface area contributed by atoms with Crippen molar-refractivity contribution < 1.29 is 32.2 Å². The molecule has 0 saturated carbocycles. The number of hydrogen-bond donors (Lipinski definition) is 2. The molecular formula is C21H18F4N2O3. The van der Waals surface area contributed by atoms with Gasteiger partial charge >= 0.3 is 12.1 Å². The average Bonchev–Trinajstić information content (AvgIpc) is 2.71. The van der Waals surface area contributed by atoms with Crippen molar-refractivity contribution >= 4 is 23.1 Å². The zero-order valence-electron chi connectivity index (χ0n) is 15.9. The fraction of sp³-hybridized carbons (Fsp3) is 0.286. The van der Waals surface area contributed by atoms with E-state index in [4.69, 9.17) is 4.74 Å². The number of rotatable bonds is 3. The van der Waals surface area contributed by atoms with E-state index in [1.165, 1.54) is 24.3 Å². The quantitative estimate of drug-likeness (QED) is 0.556. The van der Waals surface area contributed by atoms with Crippen LogP contribution in [0.3, 0.4) is 0 Å². The number of hydrogen-bond acceptors (Lipinski definition) is 5. The van der Waals surface area contributed by atoms with Crippen LogP contribution in [0.2, 0.25) is 0 Å². The molecule has 0 amide bonds. The van der Waals surface area contributed by atoms with Crippen molar-refractivity contribution in [3.05, 3.63) is 64.5 Å². The standard InChI is InChI=1S/C21H18F4N2O3/c1-2-30-20(29)13-10-27-16(11-3-5-12(6-4-11)21(23,24)25)9-26-15-8-7-14(22)17(18(15)27)19(13)28/h3-8,16,26,28H,2,9-10H2,1H3. The highest BCUT2D eigenvalue weighted by Crippen LogP contribution is 2.47. The third-order valence-corrected chi connectivity index (χ3v) is 5.27. The van der Waals surface area contributed by atoms with Crippen LogP contribution in [0, 0.1) is 5.82 Å². The lowest BCUT2D eigenvalue weighted by Gasteiger charge is -2.43. The van der Waals surface area contributed by atoms with Crippen molar-refractivity contribution in [1.82, 2.24) is 0 Å². The Kier molecular flexibility index (Phi) is 4.83. The molecular weight excluding hydrogens is 404 g/mol. The molecule has 5 nitrogen and oxygen atoms in total. The van der Waals surface area contributed by atoms with Crippen LogP contribution in [0.1, 0.15) is 29.7 Å². The number of nitrogens with zero attached hydrogens (tertiary/aromatic N) is 1. The summed E-state index contributed by atoms with van der Waals surface area (Å²) in [7, 11) is 0. The summed E-state index contributed by atoms with van der Waals surface area (Å²) in [6.07, 6.45) is -4.46. The van der Waals surface area contributed by atoms with Crippen molar-refractivity contribution in [2.24, 2.45) is 0 Å². The summed E-state index contributed by atoms with van der Waals surface area (Å²) in [5.41, 5.74) is 0.470. The summed E-state index contributed by atoms with van der Waals surface area (Å²) in [6.45, 7) is 1.94. The van der Waals surface area contributed by atoms with Gasteiger partial charge in [0.05, 0.1) is 47.3 Å². The van der Waals surface area contributed by atoms with E-state index >= 15 is 0 Å². The number of esters is 1. The Labute approximate surface area is 169 Å². The number of halogens is 4. The zero-order chi connectivity index (χ0) is 21.6. The Balaban J connectivity index is 1.80. The lowest BCUT2D eigenvalue weighted by molar-refractivity contribution is -0.139. The van der Waals surface area contributed by atoms with E-state index in [-0.39, 0.29) is 24.3 Å². The van der Waals surface area contributed by atoms with Crippen LogP contribution in [-0.4, -0.2) is 30.8 Å². The van der Waals surface area contributed by atoms with E-state index in [0.717, 1.165) is 12.1 Å². The van der Waals surface area contributed by atoms with Gasteiger partial charge in [0.1, 0.15) is 11.6 Å². The highest BCUT2D eigenvalue weighted by Gasteiger charge is 2.39. The first-order valence-electron chi connectivity index (χ1n) is 9.32. The molecule has 0 aliphatic carbocycles. The molecule has 1 unspecified atom stereocenters. The number of aliphatic hydroxyl groups excluding tert-OH is 1. The van der Waals surface area contributed by atoms with E-state index in [0.29, 0.717) is 23.5 Å². The van der Waals surface area contributed by atoms with E-state index in [1.54, 1.807) is 11.8 Å². The third-order valence-electron chi connectivity index (χ3n) is 5.27. The minimum Gasteiger partial charge on any atom is -0.506 e. The van der Waals surface area contributed by atoms with Crippen LogP contribution in [0.25, 0.3) is 5.76 Å². The van der Waals surface area contributed by atoms with Crippen LogP contribution in [0.4, 0.5) is 28.9 Å². The summed E-state index contributed by atoms with van der Waals surface area (Å²) >= 11 is 0. The van der Waals surface area contributed by atoms with Crippen LogP contribution in [-0.2, 0) is 15.7 Å². The Morgan fingerprint density at radius 3 is 2.57 bits per heavy atom. The van der Waals surface area contributed by atoms with Crippen molar-refractivity contribution in [1.29, 1.82) is 0 Å². The maximum absolute atomic E-state index is 14.6. The predicted octanol–water partition coefficient (Wildman–Crippen LogP) is 4.66. The predicted molar refractivity (Wildman–Crippen MR) is 103 cm³/mol. The Morgan fingerprint density at radius 1 is 1.23 bits per heavy atom. The Hall–Kier alpha value is -3.23. The number of anilines is 2. The van der Waals surface area contributed by atoms with Gasteiger partial charge in [-0.2, -0.15) is 13.2 Å². The maximum atomic E-state index is 14.6. The zero-order valence-corrected chi connectivity index (χ0v) is 15.9. The smallest absolute Gasteiger partial charge is 0.416 e. The number of ether oxygens (including phenoxy) is 1. The van der Waals surface area contributed by atoms with Crippen molar-refractivity contribution in [2.75, 3.05) is 29.9 Å². The van der Waals surface area contributed by atoms with Gasteiger partial charge in [0, 0.05) is 6.54 Å². The average molecular weight is 422 g/mol. The summed E-state index contributed by atoms with van der Waals surface area (Å²) in [6, 6.07) is 6.91. The largest absolute Gasteiger partial charge is 0.506 e. The van der Waals surface area contributed by atoms with Gasteiger partial charge in [0.15, 0.2) is 0 Å². The van der Waals surface area contributed by atoms with E-state index in [1.807, 2.05) is 0 Å². The minimum absolute atomic E-state index is 0.0680. The van der Waals surface area contributed by atoms with Crippen LogP contribution in [0.5, 0.6) is 0 Å². The van der Waals surface area contributed by atoms with Gasteiger partial charge in [-0.15, -0.1) is 0 Å². The molecule has 30 heavy (non-hydrogen) atoms. The number of alkyl halides is 3. The van der Waals surface area contributed by atoms with Gasteiger partial charge in [-0.25, -0.2) is 9.18 Å². The highest BCUT2D eigenvalue weighted by molar-refractivity contribution is 6.02. The molecule has 4 rings (SSSR count). The summed E-state index contributed by atoms with van der Waals surface area (Å²) < 4.78 is 58.4. The van der Waals surface area contributed by atoms with E-state index < -0.39 is 35.3 Å². The van der Waals surface area contributed by atoms with Crippen molar-refractivity contribution in [3.63, 3.8) is 0 Å². The highest BCUT2D eigenvalue weighted by atomic mass is 19.4. The van der Waals surface area contributed by atoms with Crippen molar-refractivity contribution in [2.45, 2.75) is 19.1 Å². The topological polar surface area (TPSA) is 61.8 Å². The molecule has 2 aliphatic heterocycles. The van der Waals surface area contributed by atoms with Gasteiger partial charge in [0.2, 0.25) is 0 Å². The van der Waals surface area contributed by atoms with Gasteiger partial charge in [0.25, 0.3) is 0 Å². The van der Waals surface area contributed by atoms with Crippen LogP contribution in [0.15, 0.2) is 42.0 Å². The van der Waals surface area contributed by atoms with Crippen LogP contribution >= 0.6 is 0 Å². The lowest BCUT2D eigenvalue weighted by Crippen LogP contribution is -2.43. The second-order valence-corrected chi connectivity index (χ2v) is 7.01. The summed E-state index contributed by atoms with van der Waals surface area (Å²) in [5.74, 6) is -1.98. The SMILES string of the molecule is CCOC(=O)C1=C(O)c2c(F)ccc3c2N(C1)C(c1ccc(C(F)(F)F)cc1)CN3. The van der Waals surface area contributed by atoms with Gasteiger partial charge in [-0.3, -0.25) is 0 Å². The fourth-order valence-electron chi connectivity index (χ4n) is 3.86. The molecule has 0 fully saturated rings. The molecule has 9 heteroatoms. The van der Waals surface area contributed by atoms with Crippen molar-refractivity contribution in [3.8, 4) is 0 Å². The number of benzene rings is 2. The first kappa shape index (κ1) is 20.1. The molecule has 1 atom stereocenters. The van der Waals surface area contributed by atoms with Gasteiger partial charge in [-0.05, 0) is 36.8 Å². The Morgan fingerprint density at radius 2 is 1.93 bits per heavy atom. The fourth-order valence-corrected chi connectivity index (χ4v) is 3.86. The van der Waals surface area contributed by atoms with E-state index in [2.05, 4.69) is 5.32 Å². The first-order valence-corrected chi connectivity index (χ1v) is 9.32. The molecule has 2 aromatic rings. The summed E-state index contributed by atoms with van der Waals surface area (Å²) in [5, 5.41) is 13.7. The van der Waals surface area contributed by atoms with Gasteiger partial charge in [-0.1, -0.05) is 12.1 Å². The number of carbonyl (C=O) groups is 1. The van der Waals surface area contributed by atoms with E-state index in [9.17, 15) is 27.5 Å². The molecule has 0 saturated heterocycles. The second kappa shape index (κ2) is 7.23. The molecule has 0 radical (unpaired) electrons. The first-order chi connectivity index (χ1) is 14.2. The molecule has 158 valence electrons. The third kappa shape index (κ3) is 3.24. The molecule has 0 aromatic heterocycles. The maximum Gasteiger partial charge on any atom is 0.416 e. The number of aliphatic hydroxyl groups is 1. The van der Waals surface area contributed by atoms with Crippen LogP contribution < -0.4 is 10.2 Å². The molecule has 2 aromatic carbocycles. The van der Waals surface area contributed by atoms with Gasteiger partial charge < -0.3 is 20.1 Å². The second-order valence-electron chi connectivity index (χ2n) is 7.01. The normalized spacial score (nSPS) is 18.0. The molecule has 2 aliphatic rings. The minimum atomic E-state index is -4.46. The monoisotopic (exact) mass is 422 g/mol. The molecule has 2 heterocycles. The summed E-state index contributed by atoms with van der Waals surface area (Å²) in [4.78, 5) is 14.1. The molecule has 2 N–H and O–H groups in total. The lowest BCUT2D eigenvalue weighted by atomic mass is 9.92. The molecule has 0 bridgehead atoms.